The van der Waals surface area contributed by atoms with Crippen LogP contribution in [0.4, 0.5) is 0 Å². The summed E-state index contributed by atoms with van der Waals surface area (Å²) in [7, 11) is 0. The van der Waals surface area contributed by atoms with Gasteiger partial charge in [0.15, 0.2) is 5.78 Å². The van der Waals surface area contributed by atoms with Gasteiger partial charge in [0.25, 0.3) is 5.56 Å². The molecule has 4 heteroatoms. The van der Waals surface area contributed by atoms with E-state index in [2.05, 4.69) is 4.98 Å². The molecule has 2 rings (SSSR count). The van der Waals surface area contributed by atoms with E-state index in [-0.39, 0.29) is 16.9 Å². The van der Waals surface area contributed by atoms with Gasteiger partial charge in [-0.2, -0.15) is 5.26 Å². The molecule has 0 saturated carbocycles. The molecule has 0 aromatic carbocycles. The second-order valence-electron chi connectivity index (χ2n) is 3.70. The highest BCUT2D eigenvalue weighted by molar-refractivity contribution is 5.99. The van der Waals surface area contributed by atoms with Crippen LogP contribution in [0.5, 0.6) is 0 Å². The molecule has 1 N–H and O–H groups in total. The number of ketones is 1. The van der Waals surface area contributed by atoms with Crippen molar-refractivity contribution in [2.45, 2.75) is 26.2 Å². The first-order valence-electron chi connectivity index (χ1n) is 4.84. The van der Waals surface area contributed by atoms with Crippen molar-refractivity contribution < 1.29 is 4.79 Å². The lowest BCUT2D eigenvalue weighted by Crippen LogP contribution is -2.23. The van der Waals surface area contributed by atoms with Crippen LogP contribution in [0.25, 0.3) is 0 Å². The number of carbonyl (C=O) groups is 1. The van der Waals surface area contributed by atoms with Crippen LogP contribution in [0, 0.1) is 18.3 Å². The van der Waals surface area contributed by atoms with Crippen LogP contribution >= 0.6 is 0 Å². The topological polar surface area (TPSA) is 73.7 Å². The van der Waals surface area contributed by atoms with Crippen LogP contribution < -0.4 is 5.56 Å². The van der Waals surface area contributed by atoms with Crippen molar-refractivity contribution >= 4 is 5.78 Å². The number of fused-ring (bicyclic) bond motifs is 1. The maximum absolute atomic E-state index is 11.7. The van der Waals surface area contributed by atoms with Crippen molar-refractivity contribution in [2.24, 2.45) is 0 Å². The fraction of sp³-hybridized carbons (Fsp3) is 0.364. The third-order valence-electron chi connectivity index (χ3n) is 2.76. The number of aromatic nitrogens is 1. The van der Waals surface area contributed by atoms with E-state index in [1.54, 1.807) is 6.92 Å². The van der Waals surface area contributed by atoms with Gasteiger partial charge in [-0.25, -0.2) is 0 Å². The molecule has 0 aliphatic heterocycles. The predicted molar refractivity (Wildman–Crippen MR) is 53.8 cm³/mol. The molecular weight excluding hydrogens is 192 g/mol. The van der Waals surface area contributed by atoms with Crippen LogP contribution in [-0.2, 0) is 6.42 Å². The normalized spacial score (nSPS) is 14.5. The zero-order valence-electron chi connectivity index (χ0n) is 8.39. The van der Waals surface area contributed by atoms with Crippen molar-refractivity contribution in [1.82, 2.24) is 4.98 Å². The molecule has 0 unspecified atom stereocenters. The second kappa shape index (κ2) is 3.35. The average molecular weight is 202 g/mol. The van der Waals surface area contributed by atoms with Crippen molar-refractivity contribution in [2.75, 3.05) is 0 Å². The molecule has 0 saturated heterocycles. The smallest absolute Gasteiger partial charge is 0.266 e. The number of nitrogens with one attached hydrogen (secondary N) is 1. The molecule has 76 valence electrons. The van der Waals surface area contributed by atoms with Gasteiger partial charge in [0.1, 0.15) is 11.6 Å². The Morgan fingerprint density at radius 2 is 2.07 bits per heavy atom. The highest BCUT2D eigenvalue weighted by Gasteiger charge is 2.23. The summed E-state index contributed by atoms with van der Waals surface area (Å²) in [4.78, 5) is 25.7. The third kappa shape index (κ3) is 1.37. The van der Waals surface area contributed by atoms with Gasteiger partial charge < -0.3 is 4.98 Å². The van der Waals surface area contributed by atoms with Crippen LogP contribution in [-0.4, -0.2) is 10.8 Å². The zero-order chi connectivity index (χ0) is 11.0. The maximum atomic E-state index is 11.7. The van der Waals surface area contributed by atoms with Gasteiger partial charge in [0, 0.05) is 17.7 Å². The Balaban J connectivity index is 2.80. The lowest BCUT2D eigenvalue weighted by Gasteiger charge is -2.16. The molecular formula is C11H10N2O2. The molecule has 4 nitrogen and oxygen atoms in total. The number of hydrogen-bond donors (Lipinski definition) is 1. The Hall–Kier alpha value is -1.89. The summed E-state index contributed by atoms with van der Waals surface area (Å²) >= 11 is 0. The minimum atomic E-state index is -0.386. The highest BCUT2D eigenvalue weighted by atomic mass is 16.1. The van der Waals surface area contributed by atoms with E-state index >= 15 is 0 Å². The van der Waals surface area contributed by atoms with Crippen molar-refractivity contribution in [1.29, 1.82) is 5.26 Å². The number of H-pyrrole nitrogens is 1. The molecule has 0 radical (unpaired) electrons. The SMILES string of the molecule is Cc1c2c([nH]c(=O)c1C#N)CCCC2=O. The number of Topliss-reactive ketones (excluding diaryl/α,β-unsaturated/α-hetero) is 1. The third-order valence-corrected chi connectivity index (χ3v) is 2.76. The molecule has 0 amide bonds. The zero-order valence-corrected chi connectivity index (χ0v) is 8.39. The van der Waals surface area contributed by atoms with E-state index in [9.17, 15) is 9.59 Å². The number of aromatic amines is 1. The van der Waals surface area contributed by atoms with Gasteiger partial charge in [-0.15, -0.1) is 0 Å². The Morgan fingerprint density at radius 3 is 2.73 bits per heavy atom. The van der Waals surface area contributed by atoms with Crippen LogP contribution in [0.1, 0.15) is 40.0 Å². The minimum absolute atomic E-state index is 0.0292. The summed E-state index contributed by atoms with van der Waals surface area (Å²) in [5.74, 6) is 0.0292. The summed E-state index contributed by atoms with van der Waals surface area (Å²) in [6.45, 7) is 1.66. The van der Waals surface area contributed by atoms with Gasteiger partial charge in [0.2, 0.25) is 0 Å². The number of hydrogen-bond acceptors (Lipinski definition) is 3. The summed E-state index contributed by atoms with van der Waals surface area (Å²) in [5.41, 5.74) is 1.44. The molecule has 0 bridgehead atoms. The Labute approximate surface area is 86.6 Å². The fourth-order valence-corrected chi connectivity index (χ4v) is 2.03. The molecule has 0 atom stereocenters. The molecule has 1 heterocycles. The largest absolute Gasteiger partial charge is 0.324 e. The van der Waals surface area contributed by atoms with Gasteiger partial charge in [-0.05, 0) is 25.3 Å². The summed E-state index contributed by atoms with van der Waals surface area (Å²) in [6.07, 6.45) is 1.99. The number of pyridine rings is 1. The quantitative estimate of drug-likeness (QED) is 0.683. The monoisotopic (exact) mass is 202 g/mol. The Kier molecular flexibility index (Phi) is 2.16. The number of nitrogens with zero attached hydrogens (tertiary/aromatic N) is 1. The lowest BCUT2D eigenvalue weighted by atomic mass is 9.90. The maximum Gasteiger partial charge on any atom is 0.266 e. The van der Waals surface area contributed by atoms with Crippen molar-refractivity contribution in [3.63, 3.8) is 0 Å². The summed E-state index contributed by atoms with van der Waals surface area (Å²) < 4.78 is 0. The number of aryl methyl sites for hydroxylation is 1. The molecule has 1 aromatic rings. The first-order chi connectivity index (χ1) is 7.15. The predicted octanol–water partition coefficient (Wildman–Crippen LogP) is 1.07. The minimum Gasteiger partial charge on any atom is -0.324 e. The fourth-order valence-electron chi connectivity index (χ4n) is 2.03. The van der Waals surface area contributed by atoms with Crippen molar-refractivity contribution in [3.05, 3.63) is 32.7 Å². The molecule has 1 aromatic heterocycles. The van der Waals surface area contributed by atoms with E-state index in [0.29, 0.717) is 29.7 Å². The Morgan fingerprint density at radius 1 is 1.33 bits per heavy atom. The summed E-state index contributed by atoms with van der Waals surface area (Å²) in [6, 6.07) is 1.84. The van der Waals surface area contributed by atoms with E-state index in [1.807, 2.05) is 6.07 Å². The molecule has 1 aliphatic carbocycles. The van der Waals surface area contributed by atoms with E-state index in [4.69, 9.17) is 5.26 Å². The molecule has 0 spiro atoms. The van der Waals surface area contributed by atoms with Crippen LogP contribution in [0.3, 0.4) is 0 Å². The van der Waals surface area contributed by atoms with Gasteiger partial charge >= 0.3 is 0 Å². The molecule has 0 fully saturated rings. The van der Waals surface area contributed by atoms with E-state index < -0.39 is 0 Å². The van der Waals surface area contributed by atoms with Crippen LogP contribution in [0.15, 0.2) is 4.79 Å². The molecule has 15 heavy (non-hydrogen) atoms. The number of nitriles is 1. The van der Waals surface area contributed by atoms with Crippen LogP contribution in [0.2, 0.25) is 0 Å². The van der Waals surface area contributed by atoms with Crippen molar-refractivity contribution in [3.8, 4) is 6.07 Å². The second-order valence-corrected chi connectivity index (χ2v) is 3.70. The summed E-state index contributed by atoms with van der Waals surface area (Å²) in [5, 5.41) is 8.81. The average Bonchev–Trinajstić information content (AvgIpc) is 2.17. The van der Waals surface area contributed by atoms with Gasteiger partial charge in [-0.3, -0.25) is 9.59 Å². The highest BCUT2D eigenvalue weighted by Crippen LogP contribution is 2.22. The van der Waals surface area contributed by atoms with E-state index in [0.717, 1.165) is 6.42 Å². The standard InChI is InChI=1S/C11H10N2O2/c1-6-7(5-12)11(15)13-8-3-2-4-9(14)10(6)8/h2-4H2,1H3,(H,13,15). The molecule has 1 aliphatic rings. The first kappa shape index (κ1) is 9.66. The van der Waals surface area contributed by atoms with E-state index in [1.165, 1.54) is 0 Å². The first-order valence-corrected chi connectivity index (χ1v) is 4.84. The lowest BCUT2D eigenvalue weighted by molar-refractivity contribution is 0.0971. The number of rotatable bonds is 0. The van der Waals surface area contributed by atoms with Gasteiger partial charge in [0.05, 0.1) is 0 Å². The number of carbonyl (C=O) groups excluding carboxylic acids is 1. The Bertz CT molecular complexity index is 535. The van der Waals surface area contributed by atoms with Gasteiger partial charge in [-0.1, -0.05) is 0 Å².